The molecule has 9 rings (SSSR count). The normalized spacial score (nSPS) is 37.6. The first kappa shape index (κ1) is 33.6. The molecule has 4 N–H and O–H groups in total. The van der Waals surface area contributed by atoms with Gasteiger partial charge in [0.05, 0.1) is 42.6 Å². The van der Waals surface area contributed by atoms with Gasteiger partial charge in [-0.1, -0.05) is 12.1 Å². The van der Waals surface area contributed by atoms with E-state index in [1.165, 1.54) is 13.2 Å². The summed E-state index contributed by atoms with van der Waals surface area (Å²) in [5.41, 5.74) is -1.84. The van der Waals surface area contributed by atoms with Crippen LogP contribution < -0.4 is 10.1 Å². The zero-order valence-electron chi connectivity index (χ0n) is 28.7. The fourth-order valence-corrected chi connectivity index (χ4v) is 9.29. The minimum absolute atomic E-state index is 0.00770. The van der Waals surface area contributed by atoms with Crippen LogP contribution in [-0.2, 0) is 34.8 Å². The number of nitrogens with one attached hydrogen (secondary N) is 1. The number of morpholine rings is 1. The van der Waals surface area contributed by atoms with Crippen molar-refractivity contribution in [3.05, 3.63) is 51.6 Å². The van der Waals surface area contributed by atoms with Crippen molar-refractivity contribution in [3.63, 3.8) is 0 Å². The molecule has 5 saturated heterocycles. The summed E-state index contributed by atoms with van der Waals surface area (Å²) < 4.78 is 42.4. The molecule has 0 spiro atoms. The Morgan fingerprint density at radius 3 is 2.51 bits per heavy atom. The lowest BCUT2D eigenvalue weighted by atomic mass is 9.72. The molecule has 2 aromatic rings. The molecule has 15 nitrogen and oxygen atoms in total. The van der Waals surface area contributed by atoms with Crippen LogP contribution in [0.1, 0.15) is 68.8 Å². The quantitative estimate of drug-likeness (QED) is 0.208. The molecule has 0 bridgehead atoms. The van der Waals surface area contributed by atoms with Crippen molar-refractivity contribution in [2.45, 2.75) is 87.3 Å². The number of aromatic hydroxyl groups is 2. The topological polar surface area (TPSA) is 181 Å². The molecule has 274 valence electrons. The Kier molecular flexibility index (Phi) is 8.20. The molecule has 10 atom stereocenters. The number of ketones is 2. The van der Waals surface area contributed by atoms with Crippen LogP contribution in [0.5, 0.6) is 17.2 Å². The fraction of sp³-hybridized carbons (Fsp3) is 0.611. The zero-order chi connectivity index (χ0) is 35.3. The van der Waals surface area contributed by atoms with Crippen LogP contribution in [0.2, 0.25) is 0 Å². The number of hydrogen-bond donors (Lipinski definition) is 4. The van der Waals surface area contributed by atoms with Gasteiger partial charge in [0.1, 0.15) is 41.3 Å². The Hall–Kier alpha value is -3.22. The van der Waals surface area contributed by atoms with Crippen molar-refractivity contribution < 1.29 is 58.1 Å². The van der Waals surface area contributed by atoms with E-state index in [0.29, 0.717) is 19.6 Å². The number of aliphatic hydroxyl groups is 1. The number of phenols is 2. The van der Waals surface area contributed by atoms with Crippen LogP contribution in [0.3, 0.4) is 0 Å². The maximum absolute atomic E-state index is 14.1. The van der Waals surface area contributed by atoms with E-state index in [1.54, 1.807) is 19.2 Å². The minimum atomic E-state index is -1.55. The van der Waals surface area contributed by atoms with Crippen LogP contribution in [0.4, 0.5) is 0 Å². The zero-order valence-corrected chi connectivity index (χ0v) is 28.7. The van der Waals surface area contributed by atoms with E-state index in [0.717, 1.165) is 26.2 Å². The molecule has 0 aromatic heterocycles. The summed E-state index contributed by atoms with van der Waals surface area (Å²) in [4.78, 5) is 32.5. The van der Waals surface area contributed by atoms with E-state index in [1.807, 2.05) is 6.92 Å². The number of nitrogens with zero attached hydrogens (tertiary/aromatic N) is 2. The molecular weight excluding hydrogens is 666 g/mol. The van der Waals surface area contributed by atoms with Crippen molar-refractivity contribution in [3.8, 4) is 17.2 Å². The maximum Gasteiger partial charge on any atom is 0.202 e. The number of phenolic OH excluding ortho intramolecular Hbond substituents is 2. The van der Waals surface area contributed by atoms with Crippen LogP contribution in [0, 0.1) is 0 Å². The summed E-state index contributed by atoms with van der Waals surface area (Å²) >= 11 is 0. The van der Waals surface area contributed by atoms with Gasteiger partial charge in [0.25, 0.3) is 0 Å². The van der Waals surface area contributed by atoms with Gasteiger partial charge in [0, 0.05) is 81.8 Å². The van der Waals surface area contributed by atoms with Gasteiger partial charge in [-0.05, 0) is 13.0 Å². The summed E-state index contributed by atoms with van der Waals surface area (Å²) in [6, 6.07) is 4.55. The standard InChI is InChI=1S/C36H43N3O12/c1-16-31-19(39-11-12-47-35(46-3)34(39)50-31)13-22(48-16)49-21-15-36(44,32-33(51-32)38-9-7-37-8-10-38)14-18-24(21)30(43)26-25(28(18)41)27(40)17-5-4-6-20(45-2)23(17)29(26)42/h4-6,16,19,21-22,31-35,37,41,43-44H,7-15H2,1-3H3/t16-,19-,21-,22-,31+,32?,33?,34+,35-,36-/m0/s1. The molecule has 2 aliphatic carbocycles. The minimum Gasteiger partial charge on any atom is -0.507 e. The summed E-state index contributed by atoms with van der Waals surface area (Å²) in [5.74, 6) is -2.06. The molecular formula is C36H43N3O12. The number of hydrogen-bond acceptors (Lipinski definition) is 15. The molecule has 5 fully saturated rings. The molecule has 0 radical (unpaired) electrons. The summed E-state index contributed by atoms with van der Waals surface area (Å²) in [5, 5.41) is 39.7. The molecule has 5 heterocycles. The van der Waals surface area contributed by atoms with Gasteiger partial charge in [0.2, 0.25) is 5.78 Å². The number of carbonyl (C=O) groups excluding carboxylic acids is 2. The number of fused-ring (bicyclic) bond motifs is 6. The molecule has 7 aliphatic rings. The second-order valence-corrected chi connectivity index (χ2v) is 14.5. The fourth-order valence-electron chi connectivity index (χ4n) is 9.29. The van der Waals surface area contributed by atoms with Gasteiger partial charge in [0.15, 0.2) is 24.6 Å². The third-order valence-corrected chi connectivity index (χ3v) is 11.7. The molecule has 2 unspecified atom stereocenters. The van der Waals surface area contributed by atoms with Gasteiger partial charge >= 0.3 is 0 Å². The Bertz CT molecular complexity index is 1770. The van der Waals surface area contributed by atoms with Gasteiger partial charge < -0.3 is 53.8 Å². The van der Waals surface area contributed by atoms with Crippen LogP contribution in [-0.4, -0.2) is 145 Å². The maximum atomic E-state index is 14.1. The molecule has 0 saturated carbocycles. The first-order chi connectivity index (χ1) is 24.6. The third-order valence-electron chi connectivity index (χ3n) is 11.7. The van der Waals surface area contributed by atoms with Crippen molar-refractivity contribution in [1.29, 1.82) is 0 Å². The number of rotatable bonds is 6. The monoisotopic (exact) mass is 709 g/mol. The van der Waals surface area contributed by atoms with Crippen LogP contribution >= 0.6 is 0 Å². The van der Waals surface area contributed by atoms with E-state index in [4.69, 9.17) is 33.2 Å². The highest BCUT2D eigenvalue weighted by Gasteiger charge is 2.61. The molecule has 5 aliphatic heterocycles. The van der Waals surface area contributed by atoms with Crippen molar-refractivity contribution in [2.75, 3.05) is 53.6 Å². The largest absolute Gasteiger partial charge is 0.507 e. The van der Waals surface area contributed by atoms with Crippen molar-refractivity contribution >= 4 is 11.6 Å². The van der Waals surface area contributed by atoms with E-state index >= 15 is 0 Å². The number of carbonyl (C=O) groups is 2. The molecule has 51 heavy (non-hydrogen) atoms. The highest BCUT2D eigenvalue weighted by atomic mass is 16.7. The Morgan fingerprint density at radius 2 is 1.75 bits per heavy atom. The van der Waals surface area contributed by atoms with Gasteiger partial charge in [-0.2, -0.15) is 0 Å². The van der Waals surface area contributed by atoms with Gasteiger partial charge in [-0.15, -0.1) is 0 Å². The average molecular weight is 710 g/mol. The lowest BCUT2D eigenvalue weighted by Crippen LogP contribution is -2.55. The van der Waals surface area contributed by atoms with Crippen molar-refractivity contribution in [1.82, 2.24) is 15.1 Å². The second-order valence-electron chi connectivity index (χ2n) is 14.5. The molecule has 0 amide bonds. The van der Waals surface area contributed by atoms with E-state index in [9.17, 15) is 24.9 Å². The van der Waals surface area contributed by atoms with E-state index < -0.39 is 65.8 Å². The predicted molar refractivity (Wildman–Crippen MR) is 175 cm³/mol. The Balaban J connectivity index is 1.10. The third kappa shape index (κ3) is 5.16. The van der Waals surface area contributed by atoms with Gasteiger partial charge in [-0.3, -0.25) is 19.4 Å². The number of piperazine rings is 1. The highest BCUT2D eigenvalue weighted by molar-refractivity contribution is 6.31. The lowest BCUT2D eigenvalue weighted by molar-refractivity contribution is -0.256. The van der Waals surface area contributed by atoms with Crippen LogP contribution in [0.15, 0.2) is 18.2 Å². The first-order valence-corrected chi connectivity index (χ1v) is 17.7. The SMILES string of the molecule is COc1cccc2c1C(=O)c1c(O)c3c(c(O)c1C2=O)C[C@@](O)(C1OC1N1CCNCC1)C[C@@H]3O[C@H]1C[C@H]2[C@H](O[C@@H]3[C@@H](OC)OCCN32)[C@H](C)O1. The summed E-state index contributed by atoms with van der Waals surface area (Å²) in [7, 11) is 2.97. The smallest absolute Gasteiger partial charge is 0.202 e. The first-order valence-electron chi connectivity index (χ1n) is 17.7. The van der Waals surface area contributed by atoms with E-state index in [2.05, 4.69) is 15.1 Å². The molecule has 2 aromatic carbocycles. The average Bonchev–Trinajstić information content (AvgIpc) is 3.87. The summed E-state index contributed by atoms with van der Waals surface area (Å²) in [6.45, 7) is 6.09. The summed E-state index contributed by atoms with van der Waals surface area (Å²) in [6.07, 6.45) is -4.20. The molecule has 15 heteroatoms. The number of methoxy groups -OCH3 is 2. The van der Waals surface area contributed by atoms with Crippen molar-refractivity contribution in [2.24, 2.45) is 0 Å². The lowest BCUT2D eigenvalue weighted by Gasteiger charge is -2.43. The number of ether oxygens (including phenoxy) is 7. The van der Waals surface area contributed by atoms with E-state index in [-0.39, 0.29) is 70.3 Å². The van der Waals surface area contributed by atoms with Gasteiger partial charge in [-0.25, -0.2) is 0 Å². The predicted octanol–water partition coefficient (Wildman–Crippen LogP) is 0.780. The number of epoxide rings is 1. The Labute approximate surface area is 294 Å². The number of benzene rings is 2. The van der Waals surface area contributed by atoms with Crippen LogP contribution in [0.25, 0.3) is 0 Å². The second kappa shape index (κ2) is 12.4. The Morgan fingerprint density at radius 1 is 0.961 bits per heavy atom. The highest BCUT2D eigenvalue weighted by Crippen LogP contribution is 2.55.